The van der Waals surface area contributed by atoms with E-state index < -0.39 is 0 Å². The summed E-state index contributed by atoms with van der Waals surface area (Å²) in [7, 11) is 0. The fourth-order valence-electron chi connectivity index (χ4n) is 7.83. The Bertz CT molecular complexity index is 3250. The number of hydrogen-bond donors (Lipinski definition) is 0. The van der Waals surface area contributed by atoms with Gasteiger partial charge in [-0.15, -0.1) is 22.7 Å². The van der Waals surface area contributed by atoms with Crippen molar-refractivity contribution < 1.29 is 0 Å². The summed E-state index contributed by atoms with van der Waals surface area (Å²) in [5, 5.41) is 5.12. The van der Waals surface area contributed by atoms with E-state index in [0.717, 1.165) is 27.8 Å². The van der Waals surface area contributed by atoms with Gasteiger partial charge in [-0.3, -0.25) is 0 Å². The number of hydrogen-bond acceptors (Lipinski definition) is 5. The fourth-order valence-corrected chi connectivity index (χ4v) is 10.2. The Morgan fingerprint density at radius 2 is 0.821 bits per heavy atom. The van der Waals surface area contributed by atoms with E-state index in [0.29, 0.717) is 17.5 Å². The lowest BCUT2D eigenvalue weighted by Gasteiger charge is -2.12. The van der Waals surface area contributed by atoms with Crippen LogP contribution in [0.3, 0.4) is 0 Å². The van der Waals surface area contributed by atoms with E-state index in [9.17, 15) is 0 Å². The van der Waals surface area contributed by atoms with Crippen LogP contribution in [0.15, 0.2) is 188 Å². The average Bonchev–Trinajstić information content (AvgIpc) is 3.85. The normalized spacial score (nSPS) is 11.6. The first-order valence-electron chi connectivity index (χ1n) is 18.7. The molecule has 0 N–H and O–H groups in total. The Labute approximate surface area is 331 Å². The van der Waals surface area contributed by atoms with Crippen molar-refractivity contribution in [1.82, 2.24) is 15.0 Å². The van der Waals surface area contributed by atoms with Crippen molar-refractivity contribution >= 4 is 63.0 Å². The fraction of sp³-hybridized carbons (Fsp3) is 0. The van der Waals surface area contributed by atoms with Crippen LogP contribution in [-0.4, -0.2) is 15.0 Å². The second-order valence-electron chi connectivity index (χ2n) is 14.0. The molecule has 3 aromatic heterocycles. The lowest BCUT2D eigenvalue weighted by atomic mass is 9.93. The molecule has 11 rings (SSSR count). The van der Waals surface area contributed by atoms with Crippen molar-refractivity contribution in [3.8, 4) is 67.5 Å². The molecule has 3 heterocycles. The minimum absolute atomic E-state index is 0.651. The molecular weight excluding hydrogens is 719 g/mol. The first-order valence-corrected chi connectivity index (χ1v) is 20.3. The van der Waals surface area contributed by atoms with Gasteiger partial charge in [-0.25, -0.2) is 15.0 Å². The second-order valence-corrected chi connectivity index (χ2v) is 16.1. The Kier molecular flexibility index (Phi) is 7.87. The summed E-state index contributed by atoms with van der Waals surface area (Å²) in [6.45, 7) is 0. The number of rotatable bonds is 6. The SMILES string of the molecule is c1ccc(-c2cccc(-c3nc(-c4ccccc4)nc(-c4ccc5c(c4)sc4ccc(-c6ccccc6-c6cccc7c6sc6ccccc67)cc45)n3)c2)cc1. The molecule has 0 atom stereocenters. The predicted octanol–water partition coefficient (Wildman–Crippen LogP) is 14.6. The molecule has 0 unspecified atom stereocenters. The van der Waals surface area contributed by atoms with Crippen LogP contribution < -0.4 is 0 Å². The van der Waals surface area contributed by atoms with Crippen LogP contribution in [0.2, 0.25) is 0 Å². The van der Waals surface area contributed by atoms with E-state index in [1.54, 1.807) is 0 Å². The second kappa shape index (κ2) is 13.5. The maximum Gasteiger partial charge on any atom is 0.164 e. The maximum atomic E-state index is 5.11. The van der Waals surface area contributed by atoms with Gasteiger partial charge >= 0.3 is 0 Å². The van der Waals surface area contributed by atoms with Crippen LogP contribution >= 0.6 is 22.7 Å². The third-order valence-corrected chi connectivity index (χ3v) is 12.9. The summed E-state index contributed by atoms with van der Waals surface area (Å²) in [5.41, 5.74) is 10.1. The summed E-state index contributed by atoms with van der Waals surface area (Å²) in [6.07, 6.45) is 0. The van der Waals surface area contributed by atoms with Crippen LogP contribution in [0.25, 0.3) is 108 Å². The van der Waals surface area contributed by atoms with E-state index >= 15 is 0 Å². The number of nitrogens with zero attached hydrogens (tertiary/aromatic N) is 3. The summed E-state index contributed by atoms with van der Waals surface area (Å²) < 4.78 is 5.10. The van der Waals surface area contributed by atoms with E-state index in [1.165, 1.54) is 62.6 Å². The number of fused-ring (bicyclic) bond motifs is 6. The first-order chi connectivity index (χ1) is 27.7. The zero-order valence-electron chi connectivity index (χ0n) is 30.1. The highest BCUT2D eigenvalue weighted by Crippen LogP contribution is 2.44. The van der Waals surface area contributed by atoms with Crippen molar-refractivity contribution in [3.63, 3.8) is 0 Å². The Morgan fingerprint density at radius 3 is 1.64 bits per heavy atom. The average molecular weight is 750 g/mol. The molecule has 0 saturated heterocycles. The molecule has 5 heteroatoms. The van der Waals surface area contributed by atoms with Gasteiger partial charge in [0.25, 0.3) is 0 Å². The molecule has 11 aromatic rings. The van der Waals surface area contributed by atoms with Crippen molar-refractivity contribution in [2.45, 2.75) is 0 Å². The van der Waals surface area contributed by atoms with Crippen molar-refractivity contribution in [2.24, 2.45) is 0 Å². The molecule has 0 aliphatic carbocycles. The monoisotopic (exact) mass is 749 g/mol. The van der Waals surface area contributed by atoms with Gasteiger partial charge < -0.3 is 0 Å². The number of thiophene rings is 2. The van der Waals surface area contributed by atoms with Crippen LogP contribution in [0.1, 0.15) is 0 Å². The molecule has 0 amide bonds. The third-order valence-electron chi connectivity index (χ3n) is 10.6. The van der Waals surface area contributed by atoms with Crippen molar-refractivity contribution in [1.29, 1.82) is 0 Å². The topological polar surface area (TPSA) is 38.7 Å². The van der Waals surface area contributed by atoms with E-state index in [-0.39, 0.29) is 0 Å². The van der Waals surface area contributed by atoms with Gasteiger partial charge in [-0.2, -0.15) is 0 Å². The van der Waals surface area contributed by atoms with Gasteiger partial charge in [0.05, 0.1) is 0 Å². The van der Waals surface area contributed by atoms with E-state index in [1.807, 2.05) is 46.9 Å². The lowest BCUT2D eigenvalue weighted by Crippen LogP contribution is -2.00. The molecule has 56 heavy (non-hydrogen) atoms. The molecule has 3 nitrogen and oxygen atoms in total. The molecule has 8 aromatic carbocycles. The van der Waals surface area contributed by atoms with Gasteiger partial charge in [0.2, 0.25) is 0 Å². The molecule has 0 saturated carbocycles. The smallest absolute Gasteiger partial charge is 0.164 e. The molecular formula is C51H31N3S2. The Hall–Kier alpha value is -6.79. The highest BCUT2D eigenvalue weighted by molar-refractivity contribution is 7.26. The highest BCUT2D eigenvalue weighted by atomic mass is 32.1. The van der Waals surface area contributed by atoms with Crippen molar-refractivity contribution in [2.75, 3.05) is 0 Å². The summed E-state index contributed by atoms with van der Waals surface area (Å²) in [4.78, 5) is 15.2. The number of aromatic nitrogens is 3. The van der Waals surface area contributed by atoms with Crippen LogP contribution in [-0.2, 0) is 0 Å². The van der Waals surface area contributed by atoms with Crippen LogP contribution in [0, 0.1) is 0 Å². The largest absolute Gasteiger partial charge is 0.208 e. The minimum atomic E-state index is 0.651. The third kappa shape index (κ3) is 5.68. The summed E-state index contributed by atoms with van der Waals surface area (Å²) in [6, 6.07) is 66.8. The van der Waals surface area contributed by atoms with Gasteiger partial charge in [-0.05, 0) is 58.1 Å². The van der Waals surface area contributed by atoms with E-state index in [2.05, 4.69) is 164 Å². The van der Waals surface area contributed by atoms with Crippen LogP contribution in [0.4, 0.5) is 0 Å². The van der Waals surface area contributed by atoms with Gasteiger partial charge in [0.15, 0.2) is 17.5 Å². The number of benzene rings is 8. The zero-order chi connectivity index (χ0) is 37.0. The summed E-state index contributed by atoms with van der Waals surface area (Å²) >= 11 is 3.69. The van der Waals surface area contributed by atoms with Crippen molar-refractivity contribution in [3.05, 3.63) is 188 Å². The molecule has 0 radical (unpaired) electrons. The van der Waals surface area contributed by atoms with Gasteiger partial charge in [0.1, 0.15) is 0 Å². The molecule has 0 bridgehead atoms. The van der Waals surface area contributed by atoms with Gasteiger partial charge in [-0.1, -0.05) is 158 Å². The summed E-state index contributed by atoms with van der Waals surface area (Å²) in [5.74, 6) is 1.96. The lowest BCUT2D eigenvalue weighted by molar-refractivity contribution is 1.07. The Morgan fingerprint density at radius 1 is 0.268 bits per heavy atom. The molecule has 0 aliphatic rings. The molecule has 0 aliphatic heterocycles. The van der Waals surface area contributed by atoms with Crippen LogP contribution in [0.5, 0.6) is 0 Å². The standard InChI is InChI=1S/C51H31N3S2/c1-3-13-32(14-4-1)34-17-11-18-36(29-34)50-52-49(33-15-5-2-6-16-33)53-51(54-50)37-25-27-41-44-30-35(26-28-46(44)55-47(41)31-37)38-19-7-8-20-39(38)42-22-12-23-43-40-21-9-10-24-45(40)56-48(42)43/h1-31H. The highest BCUT2D eigenvalue weighted by Gasteiger charge is 2.17. The predicted molar refractivity (Wildman–Crippen MR) is 238 cm³/mol. The first kappa shape index (κ1) is 32.6. The minimum Gasteiger partial charge on any atom is -0.208 e. The molecule has 0 spiro atoms. The van der Waals surface area contributed by atoms with Gasteiger partial charge in [0, 0.05) is 62.6 Å². The molecule has 0 fully saturated rings. The quantitative estimate of drug-likeness (QED) is 0.170. The Balaban J connectivity index is 1.01. The molecule has 262 valence electrons. The maximum absolute atomic E-state index is 5.11. The zero-order valence-corrected chi connectivity index (χ0v) is 31.7. The van der Waals surface area contributed by atoms with E-state index in [4.69, 9.17) is 15.0 Å².